The molecule has 208 valence electrons. The molecule has 0 bridgehead atoms. The maximum atomic E-state index is 12.5. The van der Waals surface area contributed by atoms with Gasteiger partial charge in [-0.1, -0.05) is 19.4 Å². The van der Waals surface area contributed by atoms with Crippen LogP contribution in [0.15, 0.2) is 23.2 Å². The molecule has 0 saturated carbocycles. The Labute approximate surface area is 226 Å². The molecule has 1 aromatic heterocycles. The van der Waals surface area contributed by atoms with Crippen molar-refractivity contribution < 1.29 is 9.53 Å². The second-order valence-electron chi connectivity index (χ2n) is 9.40. The first-order chi connectivity index (χ1) is 18.5. The van der Waals surface area contributed by atoms with Gasteiger partial charge in [-0.2, -0.15) is 4.98 Å². The summed E-state index contributed by atoms with van der Waals surface area (Å²) in [5, 5.41) is 6.34. The quantitative estimate of drug-likeness (QED) is 0.216. The number of nitrogens with two attached hydrogens (primary N) is 2. The largest absolute Gasteiger partial charge is 0.496 e. The van der Waals surface area contributed by atoms with Gasteiger partial charge in [0.1, 0.15) is 17.1 Å². The maximum absolute atomic E-state index is 12.5. The summed E-state index contributed by atoms with van der Waals surface area (Å²) in [5.74, 6) is 1.70. The lowest BCUT2D eigenvalue weighted by molar-refractivity contribution is -0.131. The average Bonchev–Trinajstić information content (AvgIpc) is 2.93. The number of aromatic nitrogens is 2. The minimum Gasteiger partial charge on any atom is -0.496 e. The van der Waals surface area contributed by atoms with E-state index in [1.165, 1.54) is 0 Å². The Morgan fingerprint density at radius 1 is 1.13 bits per heavy atom. The van der Waals surface area contributed by atoms with E-state index in [2.05, 4.69) is 43.5 Å². The van der Waals surface area contributed by atoms with Crippen LogP contribution in [0.4, 0.5) is 23.1 Å². The first-order valence-corrected chi connectivity index (χ1v) is 13.5. The van der Waals surface area contributed by atoms with Crippen LogP contribution >= 0.6 is 0 Å². The van der Waals surface area contributed by atoms with Crippen LogP contribution < -0.4 is 31.7 Å². The van der Waals surface area contributed by atoms with Crippen LogP contribution in [0.2, 0.25) is 0 Å². The molecule has 0 unspecified atom stereocenters. The first-order valence-electron chi connectivity index (χ1n) is 13.5. The number of nitrogens with zero attached hydrogens (tertiary/aromatic N) is 5. The molecule has 11 nitrogen and oxygen atoms in total. The third-order valence-corrected chi connectivity index (χ3v) is 6.63. The van der Waals surface area contributed by atoms with Gasteiger partial charge < -0.3 is 36.6 Å². The second-order valence-corrected chi connectivity index (χ2v) is 9.40. The van der Waals surface area contributed by atoms with Gasteiger partial charge in [0.25, 0.3) is 0 Å². The van der Waals surface area contributed by atoms with E-state index < -0.39 is 0 Å². The van der Waals surface area contributed by atoms with Gasteiger partial charge in [-0.25, -0.2) is 4.98 Å². The van der Waals surface area contributed by atoms with Crippen LogP contribution in [-0.4, -0.2) is 80.4 Å². The highest BCUT2D eigenvalue weighted by Gasteiger charge is 2.21. The first kappa shape index (κ1) is 29.0. The zero-order valence-corrected chi connectivity index (χ0v) is 23.0. The van der Waals surface area contributed by atoms with E-state index in [1.807, 2.05) is 24.1 Å². The highest BCUT2D eigenvalue weighted by Crippen LogP contribution is 2.27. The van der Waals surface area contributed by atoms with E-state index in [1.54, 1.807) is 13.3 Å². The van der Waals surface area contributed by atoms with Crippen molar-refractivity contribution in [1.82, 2.24) is 20.2 Å². The molecule has 0 atom stereocenters. The topological polar surface area (TPSA) is 147 Å². The number of benzene rings is 1. The number of carbonyl (C=O) groups is 1. The zero-order valence-electron chi connectivity index (χ0n) is 23.0. The van der Waals surface area contributed by atoms with Crippen LogP contribution in [0, 0.1) is 0 Å². The van der Waals surface area contributed by atoms with Gasteiger partial charge in [-0.3, -0.25) is 9.79 Å². The average molecular weight is 526 g/mol. The van der Waals surface area contributed by atoms with Crippen LogP contribution in [-0.2, 0) is 11.3 Å². The fraction of sp³-hybridized carbons (Fsp3) is 0.556. The molecule has 1 aliphatic rings. The molecule has 1 aliphatic heterocycles. The van der Waals surface area contributed by atoms with Gasteiger partial charge in [0.2, 0.25) is 11.9 Å². The molecule has 1 amide bonds. The highest BCUT2D eigenvalue weighted by molar-refractivity contribution is 5.89. The smallest absolute Gasteiger partial charge is 0.222 e. The van der Waals surface area contributed by atoms with Gasteiger partial charge >= 0.3 is 0 Å². The van der Waals surface area contributed by atoms with Crippen LogP contribution in [0.1, 0.15) is 50.3 Å². The monoisotopic (exact) mass is 525 g/mol. The molecule has 6 N–H and O–H groups in total. The highest BCUT2D eigenvalue weighted by atomic mass is 16.5. The van der Waals surface area contributed by atoms with Crippen molar-refractivity contribution >= 4 is 35.3 Å². The molecule has 2 heterocycles. The molecule has 11 heteroatoms. The van der Waals surface area contributed by atoms with Crippen molar-refractivity contribution in [3.63, 3.8) is 0 Å². The van der Waals surface area contributed by atoms with Gasteiger partial charge in [-0.05, 0) is 38.9 Å². The van der Waals surface area contributed by atoms with E-state index in [-0.39, 0.29) is 11.9 Å². The number of rotatable bonds is 14. The molecule has 0 radical (unpaired) electrons. The number of anilines is 4. The van der Waals surface area contributed by atoms with Crippen LogP contribution in [0.5, 0.6) is 5.75 Å². The van der Waals surface area contributed by atoms with Crippen LogP contribution in [0.25, 0.3) is 0 Å². The Hall–Kier alpha value is -3.60. The maximum Gasteiger partial charge on any atom is 0.222 e. The van der Waals surface area contributed by atoms with Gasteiger partial charge in [0.15, 0.2) is 5.82 Å². The fourth-order valence-corrected chi connectivity index (χ4v) is 4.36. The lowest BCUT2D eigenvalue weighted by Crippen LogP contribution is -2.48. The summed E-state index contributed by atoms with van der Waals surface area (Å²) in [7, 11) is 3.60. The summed E-state index contributed by atoms with van der Waals surface area (Å²) < 4.78 is 5.67. The number of ether oxygens (including phenoxy) is 1. The molecule has 1 fully saturated rings. The molecule has 3 rings (SSSR count). The number of nitrogens with one attached hydrogen (secondary N) is 2. The summed E-state index contributed by atoms with van der Waals surface area (Å²) in [6, 6.07) is 6.14. The molecule has 2 aromatic rings. The van der Waals surface area contributed by atoms with E-state index in [9.17, 15) is 4.79 Å². The van der Waals surface area contributed by atoms with E-state index >= 15 is 0 Å². The summed E-state index contributed by atoms with van der Waals surface area (Å²) in [6.07, 6.45) is 6.27. The number of aliphatic imine (C=N–C) groups is 1. The number of hydrogen-bond donors (Lipinski definition) is 4. The number of nitrogen functional groups attached to an aromatic ring is 2. The fourth-order valence-electron chi connectivity index (χ4n) is 4.36. The summed E-state index contributed by atoms with van der Waals surface area (Å²) in [4.78, 5) is 29.8. The van der Waals surface area contributed by atoms with Crippen molar-refractivity contribution in [3.8, 4) is 5.75 Å². The van der Waals surface area contributed by atoms with Crippen LogP contribution in [0.3, 0.4) is 0 Å². The molecule has 0 spiro atoms. The lowest BCUT2D eigenvalue weighted by atomic mass is 10.1. The number of amides is 1. The normalized spacial score (nSPS) is 13.8. The van der Waals surface area contributed by atoms with Gasteiger partial charge in [0.05, 0.1) is 13.7 Å². The second kappa shape index (κ2) is 15.0. The van der Waals surface area contributed by atoms with Gasteiger partial charge in [-0.15, -0.1) is 0 Å². The van der Waals surface area contributed by atoms with Crippen molar-refractivity contribution in [2.24, 2.45) is 4.99 Å². The van der Waals surface area contributed by atoms with Crippen molar-refractivity contribution in [1.29, 1.82) is 0 Å². The molecule has 0 aliphatic carbocycles. The number of hydrogen-bond acceptors (Lipinski definition) is 10. The standard InChI is InChI=1S/C27H43N9O2/c1-4-5-12-32-26-25(28)22(33-27(29)34-26)19-31-18-20-9-10-21(17-23(20)38-3)35-13-15-36(16-14-35)24(37)8-6-7-11-30-2/h9-10,17,19,30H,4-8,11-16,18,28H2,1-3H3,(H3,29,32,33,34). The minimum atomic E-state index is 0.150. The van der Waals surface area contributed by atoms with E-state index in [4.69, 9.17) is 16.2 Å². The number of piperazine rings is 1. The van der Waals surface area contributed by atoms with Crippen molar-refractivity contribution in [2.75, 3.05) is 75.1 Å². The van der Waals surface area contributed by atoms with Crippen molar-refractivity contribution in [2.45, 2.75) is 45.6 Å². The summed E-state index contributed by atoms with van der Waals surface area (Å²) in [6.45, 7) is 7.30. The third kappa shape index (κ3) is 8.20. The Kier molecular flexibility index (Phi) is 11.4. The Morgan fingerprint density at radius 3 is 2.63 bits per heavy atom. The molecule has 1 saturated heterocycles. The zero-order chi connectivity index (χ0) is 27.3. The third-order valence-electron chi connectivity index (χ3n) is 6.63. The number of carbonyl (C=O) groups excluding carboxylic acids is 1. The summed E-state index contributed by atoms with van der Waals surface area (Å²) >= 11 is 0. The number of unbranched alkanes of at least 4 members (excludes halogenated alkanes) is 2. The van der Waals surface area contributed by atoms with E-state index in [0.717, 1.165) is 82.0 Å². The Balaban J connectivity index is 1.58. The molecular formula is C27H43N9O2. The molecular weight excluding hydrogens is 482 g/mol. The van der Waals surface area contributed by atoms with Crippen molar-refractivity contribution in [3.05, 3.63) is 29.5 Å². The van der Waals surface area contributed by atoms with E-state index in [0.29, 0.717) is 30.2 Å². The Bertz CT molecular complexity index is 1070. The lowest BCUT2D eigenvalue weighted by Gasteiger charge is -2.36. The predicted octanol–water partition coefficient (Wildman–Crippen LogP) is 2.52. The molecule has 38 heavy (non-hydrogen) atoms. The number of methoxy groups -OCH3 is 1. The molecule has 1 aromatic carbocycles. The van der Waals surface area contributed by atoms with Gasteiger partial charge in [0, 0.05) is 62.7 Å². The minimum absolute atomic E-state index is 0.150. The Morgan fingerprint density at radius 2 is 1.92 bits per heavy atom. The SMILES string of the molecule is CCCCNc1nc(N)nc(C=NCc2ccc(N3CCN(C(=O)CCCCNC)CC3)cc2OC)c1N. The summed E-state index contributed by atoms with van der Waals surface area (Å²) in [5.41, 5.74) is 15.1. The predicted molar refractivity (Wildman–Crippen MR) is 155 cm³/mol.